The van der Waals surface area contributed by atoms with Gasteiger partial charge in [0.15, 0.2) is 5.76 Å². The molecular weight excluding hydrogens is 318 g/mol. The molecule has 1 amide bonds. The number of amides is 1. The highest BCUT2D eigenvalue weighted by atomic mass is 16.5. The van der Waals surface area contributed by atoms with E-state index in [-0.39, 0.29) is 18.1 Å². The fourth-order valence-electron chi connectivity index (χ4n) is 2.19. The van der Waals surface area contributed by atoms with E-state index in [9.17, 15) is 9.59 Å². The molecular formula is C20H17NO4. The lowest BCUT2D eigenvalue weighted by Gasteiger charge is -2.07. The van der Waals surface area contributed by atoms with E-state index < -0.39 is 11.3 Å². The molecule has 0 saturated heterocycles. The van der Waals surface area contributed by atoms with Gasteiger partial charge in [-0.25, -0.2) is 0 Å². The van der Waals surface area contributed by atoms with Gasteiger partial charge in [0, 0.05) is 11.8 Å². The maximum absolute atomic E-state index is 12.2. The highest BCUT2D eigenvalue weighted by molar-refractivity contribution is 6.02. The molecule has 0 radical (unpaired) electrons. The molecule has 5 nitrogen and oxygen atoms in total. The minimum Gasteiger partial charge on any atom is -0.482 e. The van der Waals surface area contributed by atoms with Crippen molar-refractivity contribution in [3.05, 3.63) is 94.0 Å². The molecule has 25 heavy (non-hydrogen) atoms. The van der Waals surface area contributed by atoms with Gasteiger partial charge in [-0.2, -0.15) is 0 Å². The van der Waals surface area contributed by atoms with Crippen molar-refractivity contribution in [1.82, 2.24) is 0 Å². The number of anilines is 1. The smallest absolute Gasteiger partial charge is 0.291 e. The van der Waals surface area contributed by atoms with Crippen LogP contribution in [0.1, 0.15) is 21.7 Å². The van der Waals surface area contributed by atoms with Crippen LogP contribution in [-0.4, -0.2) is 5.91 Å². The fourth-order valence-corrected chi connectivity index (χ4v) is 2.19. The van der Waals surface area contributed by atoms with Crippen molar-refractivity contribution in [3.63, 3.8) is 0 Å². The summed E-state index contributed by atoms with van der Waals surface area (Å²) in [6, 6.07) is 17.9. The van der Waals surface area contributed by atoms with Gasteiger partial charge >= 0.3 is 0 Å². The first-order valence-corrected chi connectivity index (χ1v) is 7.79. The Kier molecular flexibility index (Phi) is 4.95. The number of carbonyl (C=O) groups is 1. The zero-order valence-electron chi connectivity index (χ0n) is 13.7. The van der Waals surface area contributed by atoms with E-state index in [0.29, 0.717) is 5.69 Å². The zero-order chi connectivity index (χ0) is 17.6. The van der Waals surface area contributed by atoms with Crippen molar-refractivity contribution >= 4 is 11.6 Å². The molecule has 3 rings (SSSR count). The molecule has 0 aliphatic heterocycles. The second kappa shape index (κ2) is 7.49. The first-order valence-electron chi connectivity index (χ1n) is 7.79. The van der Waals surface area contributed by atoms with Gasteiger partial charge in [-0.05, 0) is 24.6 Å². The molecule has 5 heteroatoms. The predicted molar refractivity (Wildman–Crippen MR) is 94.9 cm³/mol. The molecule has 0 unspecified atom stereocenters. The number of nitrogens with one attached hydrogen (secondary N) is 1. The van der Waals surface area contributed by atoms with Gasteiger partial charge in [0.25, 0.3) is 5.91 Å². The van der Waals surface area contributed by atoms with E-state index in [1.807, 2.05) is 49.4 Å². The summed E-state index contributed by atoms with van der Waals surface area (Å²) < 4.78 is 10.7. The van der Waals surface area contributed by atoms with Crippen LogP contribution in [0.2, 0.25) is 0 Å². The van der Waals surface area contributed by atoms with Crippen molar-refractivity contribution in [2.45, 2.75) is 13.5 Å². The van der Waals surface area contributed by atoms with E-state index in [4.69, 9.17) is 9.15 Å². The maximum Gasteiger partial charge on any atom is 0.291 e. The number of aryl methyl sites for hydroxylation is 1. The van der Waals surface area contributed by atoms with Crippen LogP contribution >= 0.6 is 0 Å². The maximum atomic E-state index is 12.2. The van der Waals surface area contributed by atoms with Crippen LogP contribution in [0.25, 0.3) is 0 Å². The molecule has 0 aliphatic rings. The summed E-state index contributed by atoms with van der Waals surface area (Å²) in [4.78, 5) is 24.3. The molecule has 0 aliphatic carbocycles. The minimum absolute atomic E-state index is 0.0655. The number of benzene rings is 2. The third-order valence-corrected chi connectivity index (χ3v) is 3.57. The quantitative estimate of drug-likeness (QED) is 0.770. The molecule has 0 spiro atoms. The van der Waals surface area contributed by atoms with Gasteiger partial charge in [-0.15, -0.1) is 0 Å². The molecule has 126 valence electrons. The summed E-state index contributed by atoms with van der Waals surface area (Å²) in [7, 11) is 0. The Morgan fingerprint density at radius 1 is 1.08 bits per heavy atom. The van der Waals surface area contributed by atoms with E-state index in [0.717, 1.165) is 23.5 Å². The van der Waals surface area contributed by atoms with Crippen molar-refractivity contribution in [2.75, 3.05) is 5.32 Å². The Labute approximate surface area is 144 Å². The van der Waals surface area contributed by atoms with Crippen molar-refractivity contribution in [1.29, 1.82) is 0 Å². The SMILES string of the molecule is Cc1ccc(NC(=O)c2cc(=O)c(OCc3ccccc3)co2)cc1. The first-order chi connectivity index (χ1) is 12.1. The molecule has 0 bridgehead atoms. The highest BCUT2D eigenvalue weighted by Crippen LogP contribution is 2.13. The number of hydrogen-bond donors (Lipinski definition) is 1. The van der Waals surface area contributed by atoms with E-state index >= 15 is 0 Å². The van der Waals surface area contributed by atoms with Crippen molar-refractivity contribution in [2.24, 2.45) is 0 Å². The van der Waals surface area contributed by atoms with Crippen LogP contribution in [0.15, 0.2) is 76.1 Å². The van der Waals surface area contributed by atoms with E-state index in [1.54, 1.807) is 12.1 Å². The second-order valence-corrected chi connectivity index (χ2v) is 5.57. The Hall–Kier alpha value is -3.34. The molecule has 0 saturated carbocycles. The second-order valence-electron chi connectivity index (χ2n) is 5.57. The average molecular weight is 335 g/mol. The summed E-state index contributed by atoms with van der Waals surface area (Å²) >= 11 is 0. The predicted octanol–water partition coefficient (Wildman–Crippen LogP) is 3.78. The molecule has 0 atom stereocenters. The summed E-state index contributed by atoms with van der Waals surface area (Å²) in [6.07, 6.45) is 1.16. The number of carbonyl (C=O) groups excluding carboxylic acids is 1. The van der Waals surface area contributed by atoms with Gasteiger partial charge in [0.1, 0.15) is 12.9 Å². The number of rotatable bonds is 5. The van der Waals surface area contributed by atoms with Crippen LogP contribution in [0.5, 0.6) is 5.75 Å². The normalized spacial score (nSPS) is 10.3. The Morgan fingerprint density at radius 2 is 1.80 bits per heavy atom. The number of ether oxygens (including phenoxy) is 1. The van der Waals surface area contributed by atoms with Crippen LogP contribution in [-0.2, 0) is 6.61 Å². The van der Waals surface area contributed by atoms with Gasteiger partial charge in [0.2, 0.25) is 11.2 Å². The lowest BCUT2D eigenvalue weighted by Crippen LogP contribution is -2.15. The topological polar surface area (TPSA) is 68.5 Å². The zero-order valence-corrected chi connectivity index (χ0v) is 13.7. The molecule has 1 heterocycles. The minimum atomic E-state index is -0.490. The molecule has 2 aromatic carbocycles. The van der Waals surface area contributed by atoms with E-state index in [2.05, 4.69) is 5.32 Å². The van der Waals surface area contributed by atoms with Gasteiger partial charge in [-0.3, -0.25) is 9.59 Å². The lowest BCUT2D eigenvalue weighted by atomic mass is 10.2. The molecule has 1 aromatic heterocycles. The van der Waals surface area contributed by atoms with E-state index in [1.165, 1.54) is 0 Å². The molecule has 1 N–H and O–H groups in total. The Balaban J connectivity index is 1.67. The van der Waals surface area contributed by atoms with Crippen LogP contribution in [0.3, 0.4) is 0 Å². The first kappa shape index (κ1) is 16.5. The summed E-state index contributed by atoms with van der Waals surface area (Å²) in [5.74, 6) is -0.496. The summed E-state index contributed by atoms with van der Waals surface area (Å²) in [5, 5.41) is 2.68. The highest BCUT2D eigenvalue weighted by Gasteiger charge is 2.12. The van der Waals surface area contributed by atoms with Gasteiger partial charge in [0.05, 0.1) is 0 Å². The van der Waals surface area contributed by atoms with Crippen LogP contribution < -0.4 is 15.5 Å². The standard InChI is InChI=1S/C20H17NO4/c1-14-7-9-16(10-8-14)21-20(23)18-11-17(22)19(13-25-18)24-12-15-5-3-2-4-6-15/h2-11,13H,12H2,1H3,(H,21,23). The average Bonchev–Trinajstić information content (AvgIpc) is 2.63. The van der Waals surface area contributed by atoms with Crippen molar-refractivity contribution in [3.8, 4) is 5.75 Å². The summed E-state index contributed by atoms with van der Waals surface area (Å²) in [5.41, 5.74) is 2.24. The lowest BCUT2D eigenvalue weighted by molar-refractivity contribution is 0.0993. The summed E-state index contributed by atoms with van der Waals surface area (Å²) in [6.45, 7) is 2.21. The third-order valence-electron chi connectivity index (χ3n) is 3.57. The largest absolute Gasteiger partial charge is 0.482 e. The van der Waals surface area contributed by atoms with Crippen LogP contribution in [0.4, 0.5) is 5.69 Å². The van der Waals surface area contributed by atoms with Crippen molar-refractivity contribution < 1.29 is 13.9 Å². The van der Waals surface area contributed by atoms with Crippen LogP contribution in [0, 0.1) is 6.92 Å². The Morgan fingerprint density at radius 3 is 2.48 bits per heavy atom. The third kappa shape index (κ3) is 4.35. The molecule has 0 fully saturated rings. The monoisotopic (exact) mass is 335 g/mol. The molecule has 3 aromatic rings. The Bertz CT molecular complexity index is 914. The van der Waals surface area contributed by atoms with Gasteiger partial charge in [-0.1, -0.05) is 48.0 Å². The number of hydrogen-bond acceptors (Lipinski definition) is 4. The van der Waals surface area contributed by atoms with Gasteiger partial charge < -0.3 is 14.5 Å². The fraction of sp³-hybridized carbons (Fsp3) is 0.100.